The van der Waals surface area contributed by atoms with Gasteiger partial charge in [-0.1, -0.05) is 118 Å². The minimum Gasteiger partial charge on any atom is -0.457 e. The SMILES string of the molecule is CC(C)(C)c1ccc(Oc2ccc(C3(c4ccc(Oc5ccc(N6C(=O)c7ccc(C#Cc8ccc9c(c8)C(=O)N(C(C)(C)C)C9=O)cc7C6=O)cc5)cc4)c4ccccc4-c4ccccc43)cc2)cc1. The number of imide groups is 2. The van der Waals surface area contributed by atoms with Crippen LogP contribution in [0.4, 0.5) is 5.69 Å². The van der Waals surface area contributed by atoms with E-state index in [1.807, 2.05) is 57.2 Å². The van der Waals surface area contributed by atoms with E-state index in [1.54, 1.807) is 60.7 Å². The molecule has 0 unspecified atom stereocenters. The molecule has 71 heavy (non-hydrogen) atoms. The molecule has 0 atom stereocenters. The summed E-state index contributed by atoms with van der Waals surface area (Å²) in [6.45, 7) is 12.1. The molecule has 0 saturated carbocycles. The van der Waals surface area contributed by atoms with E-state index in [9.17, 15) is 19.2 Å². The summed E-state index contributed by atoms with van der Waals surface area (Å²) >= 11 is 0. The fourth-order valence-electron chi connectivity index (χ4n) is 10.2. The maximum Gasteiger partial charge on any atom is 0.266 e. The molecular weight excluding hydrogens is 881 g/mol. The number of fused-ring (bicyclic) bond motifs is 5. The summed E-state index contributed by atoms with van der Waals surface area (Å²) in [6, 6.07) is 58.8. The van der Waals surface area contributed by atoms with Gasteiger partial charge in [0.25, 0.3) is 23.6 Å². The molecule has 2 heterocycles. The number of benzene rings is 8. The zero-order valence-corrected chi connectivity index (χ0v) is 40.2. The van der Waals surface area contributed by atoms with Crippen molar-refractivity contribution in [2.75, 3.05) is 4.90 Å². The molecule has 8 aromatic rings. The number of ether oxygens (including phenoxy) is 2. The largest absolute Gasteiger partial charge is 0.457 e. The van der Waals surface area contributed by atoms with E-state index >= 15 is 0 Å². The molecule has 8 nitrogen and oxygen atoms in total. The van der Waals surface area contributed by atoms with Gasteiger partial charge in [0.05, 0.1) is 33.4 Å². The number of nitrogens with zero attached hydrogens (tertiary/aromatic N) is 2. The fraction of sp³-hybridized carbons (Fsp3) is 0.143. The Morgan fingerprint density at radius 3 is 1.27 bits per heavy atom. The summed E-state index contributed by atoms with van der Waals surface area (Å²) in [5, 5.41) is 0. The second-order valence-corrected chi connectivity index (χ2v) is 20.2. The maximum absolute atomic E-state index is 13.8. The molecule has 0 bridgehead atoms. The van der Waals surface area contributed by atoms with Gasteiger partial charge in [-0.3, -0.25) is 24.1 Å². The van der Waals surface area contributed by atoms with E-state index in [-0.39, 0.29) is 28.4 Å². The Balaban J connectivity index is 0.821. The van der Waals surface area contributed by atoms with Gasteiger partial charge in [-0.05, 0) is 162 Å². The third-order valence-electron chi connectivity index (χ3n) is 13.6. The van der Waals surface area contributed by atoms with Crippen molar-refractivity contribution < 1.29 is 28.7 Å². The molecule has 0 spiro atoms. The van der Waals surface area contributed by atoms with Gasteiger partial charge in [0, 0.05) is 16.7 Å². The predicted molar refractivity (Wildman–Crippen MR) is 276 cm³/mol. The molecule has 0 fully saturated rings. The zero-order valence-electron chi connectivity index (χ0n) is 40.2. The number of amides is 4. The van der Waals surface area contributed by atoms with Crippen LogP contribution in [0.15, 0.2) is 182 Å². The molecule has 11 rings (SSSR count). The van der Waals surface area contributed by atoms with Gasteiger partial charge < -0.3 is 9.47 Å². The summed E-state index contributed by atoms with van der Waals surface area (Å²) in [4.78, 5) is 56.0. The molecule has 0 radical (unpaired) electrons. The molecule has 4 amide bonds. The number of carbonyl (C=O) groups is 4. The summed E-state index contributed by atoms with van der Waals surface area (Å²) in [5.74, 6) is 7.23. The van der Waals surface area contributed by atoms with Crippen molar-refractivity contribution >= 4 is 29.3 Å². The highest BCUT2D eigenvalue weighted by atomic mass is 16.5. The normalized spacial score (nSPS) is 14.4. The summed E-state index contributed by atoms with van der Waals surface area (Å²) in [5.41, 5.74) is 9.61. The van der Waals surface area contributed by atoms with Crippen molar-refractivity contribution in [3.8, 4) is 46.0 Å². The molecule has 1 aliphatic carbocycles. The van der Waals surface area contributed by atoms with E-state index < -0.39 is 22.8 Å². The lowest BCUT2D eigenvalue weighted by atomic mass is 9.68. The summed E-state index contributed by atoms with van der Waals surface area (Å²) < 4.78 is 12.7. The Kier molecular flexibility index (Phi) is 10.5. The van der Waals surface area contributed by atoms with E-state index in [1.165, 1.54) is 32.7 Å². The summed E-state index contributed by atoms with van der Waals surface area (Å²) in [7, 11) is 0. The van der Waals surface area contributed by atoms with Crippen LogP contribution in [0.1, 0.15) is 122 Å². The molecule has 3 aliphatic rings. The van der Waals surface area contributed by atoms with Crippen LogP contribution < -0.4 is 14.4 Å². The van der Waals surface area contributed by atoms with Gasteiger partial charge in [0.1, 0.15) is 23.0 Å². The molecule has 0 aromatic heterocycles. The maximum atomic E-state index is 13.8. The standard InChI is InChI=1S/C63H48N2O6/c1-61(2,3)41-19-27-45(28-20-41)70-46-29-21-42(22-30-46)63(55-13-9-7-11-49(55)50-12-8-10-14-56(50)63)43-23-31-47(32-24-43)71-48-33-25-44(26-34-48)64-57(66)51-35-17-39(37-53(51)58(64)67)15-16-40-18-36-52-54(38-40)60(69)65(59(52)68)62(4,5)6/h7-14,17-38H,1-6H3. The van der Waals surface area contributed by atoms with Crippen LogP contribution in [-0.4, -0.2) is 34.1 Å². The minimum absolute atomic E-state index is 0.0530. The fourth-order valence-corrected chi connectivity index (χ4v) is 10.2. The van der Waals surface area contributed by atoms with Crippen molar-refractivity contribution in [1.82, 2.24) is 4.90 Å². The topological polar surface area (TPSA) is 93.2 Å². The third kappa shape index (κ3) is 7.58. The Hall–Kier alpha value is -8.80. The van der Waals surface area contributed by atoms with Crippen LogP contribution in [0, 0.1) is 11.8 Å². The Labute approximate surface area is 413 Å². The van der Waals surface area contributed by atoms with Gasteiger partial charge in [0.2, 0.25) is 0 Å². The van der Waals surface area contributed by atoms with Crippen molar-refractivity contribution in [1.29, 1.82) is 0 Å². The van der Waals surface area contributed by atoms with Crippen LogP contribution in [0.2, 0.25) is 0 Å². The average Bonchev–Trinajstić information content (AvgIpc) is 3.91. The highest BCUT2D eigenvalue weighted by Crippen LogP contribution is 2.56. The first-order chi connectivity index (χ1) is 34.1. The molecule has 8 heteroatoms. The van der Waals surface area contributed by atoms with Crippen molar-refractivity contribution in [3.05, 3.63) is 243 Å². The number of rotatable bonds is 7. The first-order valence-electron chi connectivity index (χ1n) is 23.6. The van der Waals surface area contributed by atoms with Crippen LogP contribution >= 0.6 is 0 Å². The number of hydrogen-bond donors (Lipinski definition) is 0. The molecule has 346 valence electrons. The second-order valence-electron chi connectivity index (χ2n) is 20.2. The monoisotopic (exact) mass is 928 g/mol. The molecular formula is C63H48N2O6. The van der Waals surface area contributed by atoms with E-state index in [2.05, 4.69) is 118 Å². The van der Waals surface area contributed by atoms with E-state index in [0.29, 0.717) is 39.4 Å². The first-order valence-corrected chi connectivity index (χ1v) is 23.6. The molecule has 8 aromatic carbocycles. The molecule has 2 aliphatic heterocycles. The van der Waals surface area contributed by atoms with Crippen molar-refractivity contribution in [2.24, 2.45) is 0 Å². The smallest absolute Gasteiger partial charge is 0.266 e. The zero-order chi connectivity index (χ0) is 49.4. The van der Waals surface area contributed by atoms with Gasteiger partial charge in [-0.15, -0.1) is 0 Å². The summed E-state index contributed by atoms with van der Waals surface area (Å²) in [6.07, 6.45) is 0. The van der Waals surface area contributed by atoms with Crippen LogP contribution in [0.3, 0.4) is 0 Å². The lowest BCUT2D eigenvalue weighted by Crippen LogP contribution is -2.45. The third-order valence-corrected chi connectivity index (χ3v) is 13.6. The van der Waals surface area contributed by atoms with Crippen molar-refractivity contribution in [3.63, 3.8) is 0 Å². The Bertz CT molecular complexity index is 3520. The van der Waals surface area contributed by atoms with E-state index in [0.717, 1.165) is 27.5 Å². The minimum atomic E-state index is -0.665. The van der Waals surface area contributed by atoms with E-state index in [4.69, 9.17) is 9.47 Å². The Morgan fingerprint density at radius 1 is 0.408 bits per heavy atom. The average molecular weight is 929 g/mol. The van der Waals surface area contributed by atoms with Gasteiger partial charge in [-0.25, -0.2) is 4.90 Å². The highest BCUT2D eigenvalue weighted by Gasteiger charge is 2.46. The van der Waals surface area contributed by atoms with Gasteiger partial charge in [0.15, 0.2) is 0 Å². The van der Waals surface area contributed by atoms with Crippen LogP contribution in [0.5, 0.6) is 23.0 Å². The Morgan fingerprint density at radius 2 is 0.803 bits per heavy atom. The number of carbonyl (C=O) groups excluding carboxylic acids is 4. The second kappa shape index (κ2) is 16.7. The first kappa shape index (κ1) is 44.7. The number of hydrogen-bond acceptors (Lipinski definition) is 6. The van der Waals surface area contributed by atoms with Crippen LogP contribution in [0.25, 0.3) is 11.1 Å². The predicted octanol–water partition coefficient (Wildman–Crippen LogP) is 13.5. The van der Waals surface area contributed by atoms with Gasteiger partial charge in [-0.2, -0.15) is 0 Å². The highest BCUT2D eigenvalue weighted by molar-refractivity contribution is 6.34. The van der Waals surface area contributed by atoms with Gasteiger partial charge >= 0.3 is 0 Å². The molecule has 0 N–H and O–H groups in total. The number of anilines is 1. The molecule has 0 saturated heterocycles. The lowest BCUT2D eigenvalue weighted by molar-refractivity contribution is 0.0507. The van der Waals surface area contributed by atoms with Crippen LogP contribution in [-0.2, 0) is 10.8 Å². The lowest BCUT2D eigenvalue weighted by Gasteiger charge is -2.34. The van der Waals surface area contributed by atoms with Crippen molar-refractivity contribution in [2.45, 2.75) is 57.9 Å². The quantitative estimate of drug-likeness (QED) is 0.117.